The fourth-order valence-corrected chi connectivity index (χ4v) is 5.96. The predicted molar refractivity (Wildman–Crippen MR) is 95.5 cm³/mol. The van der Waals surface area contributed by atoms with E-state index in [1.165, 1.54) is 0 Å². The van der Waals surface area contributed by atoms with Crippen molar-refractivity contribution in [3.8, 4) is 0 Å². The minimum atomic E-state index is -3.00. The molecule has 2 aliphatic rings. The van der Waals surface area contributed by atoms with Gasteiger partial charge in [-0.2, -0.15) is 0 Å². The first-order valence-corrected chi connectivity index (χ1v) is 10.4. The van der Waals surface area contributed by atoms with Gasteiger partial charge in [0.15, 0.2) is 9.84 Å². The summed E-state index contributed by atoms with van der Waals surface area (Å²) in [5.74, 6) is 0.491. The second-order valence-corrected chi connectivity index (χ2v) is 8.99. The van der Waals surface area contributed by atoms with Crippen molar-refractivity contribution in [2.45, 2.75) is 25.2 Å². The first-order chi connectivity index (χ1) is 12.1. The lowest BCUT2D eigenvalue weighted by Crippen LogP contribution is -2.58. The fraction of sp³-hybridized carbons (Fsp3) is 0.444. The summed E-state index contributed by atoms with van der Waals surface area (Å²) < 4.78 is 24.6. The molecule has 0 spiro atoms. The average Bonchev–Trinajstić information content (AvgIpc) is 2.95. The Labute approximate surface area is 148 Å². The lowest BCUT2D eigenvalue weighted by Gasteiger charge is -2.43. The van der Waals surface area contributed by atoms with Crippen LogP contribution in [0.3, 0.4) is 0 Å². The highest BCUT2D eigenvalue weighted by atomic mass is 32.2. The number of aromatic nitrogens is 2. The van der Waals surface area contributed by atoms with E-state index in [1.54, 1.807) is 12.4 Å². The molecule has 2 atom stereocenters. The number of nitrogens with zero attached hydrogens (tertiary/aromatic N) is 4. The minimum absolute atomic E-state index is 0.0393. The maximum atomic E-state index is 12.3. The van der Waals surface area contributed by atoms with Gasteiger partial charge in [0.2, 0.25) is 0 Å². The zero-order valence-electron chi connectivity index (χ0n) is 14.0. The van der Waals surface area contributed by atoms with Gasteiger partial charge in [0.25, 0.3) is 0 Å². The Balaban J connectivity index is 1.53. The summed E-state index contributed by atoms with van der Waals surface area (Å²) in [6.07, 6.45) is 5.41. The molecular formula is C18H22N4O2S. The zero-order valence-corrected chi connectivity index (χ0v) is 14.8. The molecule has 0 radical (unpaired) electrons. The molecule has 2 aliphatic heterocycles. The summed E-state index contributed by atoms with van der Waals surface area (Å²) in [4.78, 5) is 13.2. The number of hydrogen-bond acceptors (Lipinski definition) is 6. The number of hydrogen-bond donors (Lipinski definition) is 0. The quantitative estimate of drug-likeness (QED) is 0.811. The molecule has 0 unspecified atom stereocenters. The zero-order chi connectivity index (χ0) is 17.3. The third-order valence-corrected chi connectivity index (χ3v) is 6.80. The normalized spacial score (nSPS) is 26.4. The molecule has 25 heavy (non-hydrogen) atoms. The van der Waals surface area contributed by atoms with Gasteiger partial charge < -0.3 is 0 Å². The second kappa shape index (κ2) is 6.82. The van der Waals surface area contributed by atoms with Crippen LogP contribution in [-0.2, 0) is 22.9 Å². The Morgan fingerprint density at radius 3 is 2.36 bits per heavy atom. The van der Waals surface area contributed by atoms with E-state index in [1.807, 2.05) is 36.5 Å². The van der Waals surface area contributed by atoms with Crippen LogP contribution in [0, 0.1) is 0 Å². The van der Waals surface area contributed by atoms with E-state index in [4.69, 9.17) is 0 Å². The molecule has 132 valence electrons. The van der Waals surface area contributed by atoms with Crippen LogP contribution >= 0.6 is 0 Å². The van der Waals surface area contributed by atoms with Crippen LogP contribution in [0.2, 0.25) is 0 Å². The highest BCUT2D eigenvalue weighted by Gasteiger charge is 2.46. The highest BCUT2D eigenvalue weighted by molar-refractivity contribution is 7.91. The maximum Gasteiger partial charge on any atom is 0.153 e. The van der Waals surface area contributed by atoms with E-state index in [9.17, 15) is 8.42 Å². The van der Waals surface area contributed by atoms with Gasteiger partial charge in [-0.1, -0.05) is 12.1 Å². The SMILES string of the molecule is O=S1(=O)C[C@@H]2[C@H](C1)N(Cc1ccccn1)CCN2Cc1cccnc1. The molecule has 2 fully saturated rings. The van der Waals surface area contributed by atoms with Crippen LogP contribution in [-0.4, -0.2) is 64.9 Å². The minimum Gasteiger partial charge on any atom is -0.292 e. The van der Waals surface area contributed by atoms with Gasteiger partial charge in [-0.25, -0.2) is 8.42 Å². The number of sulfone groups is 1. The first-order valence-electron chi connectivity index (χ1n) is 8.58. The number of piperazine rings is 1. The molecule has 2 saturated heterocycles. The van der Waals surface area contributed by atoms with Crippen molar-refractivity contribution < 1.29 is 8.42 Å². The molecule has 6 nitrogen and oxygen atoms in total. The van der Waals surface area contributed by atoms with Crippen LogP contribution in [0.5, 0.6) is 0 Å². The van der Waals surface area contributed by atoms with Crippen molar-refractivity contribution in [1.82, 2.24) is 19.8 Å². The van der Waals surface area contributed by atoms with E-state index in [2.05, 4.69) is 19.8 Å². The molecule has 4 heterocycles. The largest absolute Gasteiger partial charge is 0.292 e. The monoisotopic (exact) mass is 358 g/mol. The summed E-state index contributed by atoms with van der Waals surface area (Å²) in [6.45, 7) is 3.17. The molecule has 2 aromatic heterocycles. The molecule has 0 aliphatic carbocycles. The van der Waals surface area contributed by atoms with Crippen molar-refractivity contribution in [3.63, 3.8) is 0 Å². The maximum absolute atomic E-state index is 12.3. The van der Waals surface area contributed by atoms with Crippen LogP contribution in [0.15, 0.2) is 48.9 Å². The van der Waals surface area contributed by atoms with E-state index in [0.29, 0.717) is 6.54 Å². The number of fused-ring (bicyclic) bond motifs is 1. The third-order valence-electron chi connectivity index (χ3n) is 5.11. The van der Waals surface area contributed by atoms with Crippen molar-refractivity contribution in [3.05, 3.63) is 60.2 Å². The van der Waals surface area contributed by atoms with E-state index in [0.717, 1.165) is 30.9 Å². The van der Waals surface area contributed by atoms with Gasteiger partial charge in [-0.3, -0.25) is 19.8 Å². The summed E-state index contributed by atoms with van der Waals surface area (Å²) in [6, 6.07) is 9.93. The van der Waals surface area contributed by atoms with Crippen LogP contribution in [0.1, 0.15) is 11.3 Å². The summed E-state index contributed by atoms with van der Waals surface area (Å²) >= 11 is 0. The molecule has 2 aromatic rings. The summed E-state index contributed by atoms with van der Waals surface area (Å²) in [5, 5.41) is 0. The molecule has 0 bridgehead atoms. The van der Waals surface area contributed by atoms with E-state index in [-0.39, 0.29) is 23.6 Å². The van der Waals surface area contributed by atoms with Crippen molar-refractivity contribution >= 4 is 9.84 Å². The molecule has 0 amide bonds. The Morgan fingerprint density at radius 1 is 0.960 bits per heavy atom. The predicted octanol–water partition coefficient (Wildman–Crippen LogP) is 0.960. The summed E-state index contributed by atoms with van der Waals surface area (Å²) in [7, 11) is -3.00. The van der Waals surface area contributed by atoms with Crippen LogP contribution in [0.4, 0.5) is 0 Å². The Bertz CT molecular complexity index is 750. The standard InChI is InChI=1S/C18H22N4O2S/c23-25(24)13-17-18(14-25)22(12-16-5-1-2-7-20-16)9-8-21(17)11-15-4-3-6-19-10-15/h1-7,10,17-18H,8-9,11-14H2/t17-,18+/m1/s1. The second-order valence-electron chi connectivity index (χ2n) is 6.83. The highest BCUT2D eigenvalue weighted by Crippen LogP contribution is 2.29. The molecule has 4 rings (SSSR count). The smallest absolute Gasteiger partial charge is 0.153 e. The van der Waals surface area contributed by atoms with Gasteiger partial charge >= 0.3 is 0 Å². The Hall–Kier alpha value is -1.83. The van der Waals surface area contributed by atoms with Gasteiger partial charge in [-0.15, -0.1) is 0 Å². The summed E-state index contributed by atoms with van der Waals surface area (Å²) in [5.41, 5.74) is 2.12. The van der Waals surface area contributed by atoms with E-state index >= 15 is 0 Å². The van der Waals surface area contributed by atoms with Crippen LogP contribution in [0.25, 0.3) is 0 Å². The molecule has 0 saturated carbocycles. The average molecular weight is 358 g/mol. The number of pyridine rings is 2. The van der Waals surface area contributed by atoms with Gasteiger partial charge in [0, 0.05) is 56.9 Å². The first kappa shape index (κ1) is 16.6. The molecular weight excluding hydrogens is 336 g/mol. The van der Waals surface area contributed by atoms with Gasteiger partial charge in [-0.05, 0) is 23.8 Å². The molecule has 0 N–H and O–H groups in total. The van der Waals surface area contributed by atoms with Gasteiger partial charge in [0.1, 0.15) is 0 Å². The van der Waals surface area contributed by atoms with Crippen LogP contribution < -0.4 is 0 Å². The van der Waals surface area contributed by atoms with E-state index < -0.39 is 9.84 Å². The Morgan fingerprint density at radius 2 is 1.72 bits per heavy atom. The number of rotatable bonds is 4. The molecule has 7 heteroatoms. The van der Waals surface area contributed by atoms with Crippen molar-refractivity contribution in [2.24, 2.45) is 0 Å². The molecule has 0 aromatic carbocycles. The van der Waals surface area contributed by atoms with Crippen molar-refractivity contribution in [1.29, 1.82) is 0 Å². The van der Waals surface area contributed by atoms with Crippen molar-refractivity contribution in [2.75, 3.05) is 24.6 Å². The fourth-order valence-electron chi connectivity index (χ4n) is 3.92. The lowest BCUT2D eigenvalue weighted by atomic mass is 10.0. The lowest BCUT2D eigenvalue weighted by molar-refractivity contribution is 0.0347. The Kier molecular flexibility index (Phi) is 4.54. The topological polar surface area (TPSA) is 66.4 Å². The third kappa shape index (κ3) is 3.73. The van der Waals surface area contributed by atoms with Gasteiger partial charge in [0.05, 0.1) is 17.2 Å².